The van der Waals surface area contributed by atoms with Gasteiger partial charge in [0.2, 0.25) is 0 Å². The van der Waals surface area contributed by atoms with Crippen LogP contribution in [0.15, 0.2) is 0 Å². The van der Waals surface area contributed by atoms with E-state index in [0.717, 1.165) is 25.9 Å². The molecule has 1 atom stereocenters. The van der Waals surface area contributed by atoms with Crippen molar-refractivity contribution in [3.63, 3.8) is 0 Å². The second-order valence-corrected chi connectivity index (χ2v) is 9.17. The lowest BCUT2D eigenvalue weighted by molar-refractivity contribution is 0.179. The lowest BCUT2D eigenvalue weighted by Crippen LogP contribution is -2.25. The molecule has 0 heterocycles. The van der Waals surface area contributed by atoms with Crippen molar-refractivity contribution in [3.05, 3.63) is 0 Å². The maximum Gasteiger partial charge on any atom is 0.183 e. The van der Waals surface area contributed by atoms with E-state index in [4.69, 9.17) is 9.53 Å². The molecule has 0 aliphatic heterocycles. The van der Waals surface area contributed by atoms with E-state index in [2.05, 4.69) is 19.6 Å². The molecule has 0 saturated heterocycles. The Morgan fingerprint density at radius 2 is 1.77 bits per heavy atom. The third-order valence-corrected chi connectivity index (χ3v) is 2.87. The van der Waals surface area contributed by atoms with Crippen molar-refractivity contribution in [3.8, 4) is 0 Å². The van der Waals surface area contributed by atoms with Crippen LogP contribution in [0.25, 0.3) is 0 Å². The van der Waals surface area contributed by atoms with Crippen LogP contribution in [-0.2, 0) is 4.43 Å². The van der Waals surface area contributed by atoms with Gasteiger partial charge in [0.25, 0.3) is 0 Å². The predicted octanol–water partition coefficient (Wildman–Crippen LogP) is 2.78. The summed E-state index contributed by atoms with van der Waals surface area (Å²) in [6.45, 7) is 9.38. The van der Waals surface area contributed by atoms with Gasteiger partial charge in [-0.1, -0.05) is 12.8 Å². The summed E-state index contributed by atoms with van der Waals surface area (Å²) in [6.07, 6.45) is 4.21. The van der Waals surface area contributed by atoms with Crippen molar-refractivity contribution < 1.29 is 9.53 Å². The Labute approximate surface area is 83.4 Å². The molecule has 0 saturated carbocycles. The summed E-state index contributed by atoms with van der Waals surface area (Å²) in [6, 6.07) is 0. The summed E-state index contributed by atoms with van der Waals surface area (Å²) in [5.74, 6) is 0. The standard InChI is InChI=1S/C10H24O2Si/c1-10(11)8-6-5-7-9-12-13(2,3)4/h10-11H,5-9H2,1-4H3/t10-/m0/s1. The lowest BCUT2D eigenvalue weighted by atomic mass is 10.1. The van der Waals surface area contributed by atoms with Crippen LogP contribution < -0.4 is 0 Å². The monoisotopic (exact) mass is 204 g/mol. The number of hydrogen-bond acceptors (Lipinski definition) is 2. The molecule has 80 valence electrons. The molecule has 3 heteroatoms. The van der Waals surface area contributed by atoms with E-state index >= 15 is 0 Å². The summed E-state index contributed by atoms with van der Waals surface area (Å²) in [4.78, 5) is 0. The Morgan fingerprint density at radius 1 is 1.15 bits per heavy atom. The molecular weight excluding hydrogens is 180 g/mol. The van der Waals surface area contributed by atoms with Crippen molar-refractivity contribution in [2.75, 3.05) is 6.61 Å². The van der Waals surface area contributed by atoms with Gasteiger partial charge in [0.15, 0.2) is 8.32 Å². The van der Waals surface area contributed by atoms with Gasteiger partial charge in [-0.3, -0.25) is 0 Å². The highest BCUT2D eigenvalue weighted by Crippen LogP contribution is 2.07. The molecule has 0 aromatic rings. The van der Waals surface area contributed by atoms with Crippen LogP contribution in [0.1, 0.15) is 32.6 Å². The molecule has 0 aliphatic rings. The summed E-state index contributed by atoms with van der Waals surface area (Å²) < 4.78 is 5.71. The first kappa shape index (κ1) is 13.1. The minimum atomic E-state index is -1.29. The predicted molar refractivity (Wildman–Crippen MR) is 59.4 cm³/mol. The Kier molecular flexibility index (Phi) is 6.64. The topological polar surface area (TPSA) is 29.5 Å². The quantitative estimate of drug-likeness (QED) is 0.510. The largest absolute Gasteiger partial charge is 0.418 e. The van der Waals surface area contributed by atoms with E-state index < -0.39 is 8.32 Å². The molecule has 2 nitrogen and oxygen atoms in total. The summed E-state index contributed by atoms with van der Waals surface area (Å²) in [7, 11) is -1.29. The molecule has 0 radical (unpaired) electrons. The van der Waals surface area contributed by atoms with Crippen LogP contribution in [0, 0.1) is 0 Å². The maximum absolute atomic E-state index is 9.01. The van der Waals surface area contributed by atoms with Gasteiger partial charge >= 0.3 is 0 Å². The lowest BCUT2D eigenvalue weighted by Gasteiger charge is -2.16. The van der Waals surface area contributed by atoms with Crippen molar-refractivity contribution in [2.45, 2.75) is 58.4 Å². The first-order valence-corrected chi connectivity index (χ1v) is 8.64. The summed E-state index contributed by atoms with van der Waals surface area (Å²) in [5.41, 5.74) is 0. The summed E-state index contributed by atoms with van der Waals surface area (Å²) >= 11 is 0. The van der Waals surface area contributed by atoms with Gasteiger partial charge in [-0.25, -0.2) is 0 Å². The number of rotatable bonds is 7. The van der Waals surface area contributed by atoms with E-state index in [9.17, 15) is 0 Å². The molecule has 0 fully saturated rings. The second-order valence-electron chi connectivity index (χ2n) is 4.66. The number of aliphatic hydroxyl groups excluding tert-OH is 1. The second kappa shape index (κ2) is 6.57. The number of hydrogen-bond donors (Lipinski definition) is 1. The van der Waals surface area contributed by atoms with E-state index in [1.165, 1.54) is 6.42 Å². The normalized spacial score (nSPS) is 14.5. The molecule has 1 N–H and O–H groups in total. The van der Waals surface area contributed by atoms with Crippen molar-refractivity contribution in [1.29, 1.82) is 0 Å². The van der Waals surface area contributed by atoms with Gasteiger partial charge in [-0.15, -0.1) is 0 Å². The fraction of sp³-hybridized carbons (Fsp3) is 1.00. The zero-order valence-corrected chi connectivity index (χ0v) is 10.5. The molecule has 0 unspecified atom stereocenters. The van der Waals surface area contributed by atoms with E-state index in [0.29, 0.717) is 0 Å². The molecule has 13 heavy (non-hydrogen) atoms. The molecule has 0 amide bonds. The number of unbranched alkanes of at least 4 members (excludes halogenated alkanes) is 2. The molecule has 0 aromatic heterocycles. The highest BCUT2D eigenvalue weighted by Gasteiger charge is 2.12. The van der Waals surface area contributed by atoms with Gasteiger partial charge in [0, 0.05) is 6.61 Å². The van der Waals surface area contributed by atoms with Gasteiger partial charge in [-0.05, 0) is 39.4 Å². The third kappa shape index (κ3) is 12.1. The van der Waals surface area contributed by atoms with E-state index in [1.807, 2.05) is 6.92 Å². The zero-order chi connectivity index (χ0) is 10.3. The average Bonchev–Trinajstić information content (AvgIpc) is 1.93. The minimum Gasteiger partial charge on any atom is -0.418 e. The Morgan fingerprint density at radius 3 is 2.23 bits per heavy atom. The first-order valence-electron chi connectivity index (χ1n) is 5.24. The number of aliphatic hydroxyl groups is 1. The van der Waals surface area contributed by atoms with Crippen LogP contribution in [0.3, 0.4) is 0 Å². The third-order valence-electron chi connectivity index (χ3n) is 1.80. The van der Waals surface area contributed by atoms with Crippen LogP contribution in [0.5, 0.6) is 0 Å². The van der Waals surface area contributed by atoms with Crippen molar-refractivity contribution in [1.82, 2.24) is 0 Å². The Balaban J connectivity index is 3.09. The Hall–Kier alpha value is 0.137. The maximum atomic E-state index is 9.01. The fourth-order valence-electron chi connectivity index (χ4n) is 1.10. The minimum absolute atomic E-state index is 0.141. The molecular formula is C10H24O2Si. The van der Waals surface area contributed by atoms with Crippen LogP contribution in [0.4, 0.5) is 0 Å². The SMILES string of the molecule is C[C@H](O)CCCCCO[Si](C)(C)C. The van der Waals surface area contributed by atoms with E-state index in [-0.39, 0.29) is 6.10 Å². The zero-order valence-electron chi connectivity index (χ0n) is 9.47. The van der Waals surface area contributed by atoms with Gasteiger partial charge in [0.05, 0.1) is 6.10 Å². The van der Waals surface area contributed by atoms with Crippen LogP contribution >= 0.6 is 0 Å². The smallest absolute Gasteiger partial charge is 0.183 e. The summed E-state index contributed by atoms with van der Waals surface area (Å²) in [5, 5.41) is 9.01. The van der Waals surface area contributed by atoms with Gasteiger partial charge < -0.3 is 9.53 Å². The van der Waals surface area contributed by atoms with Gasteiger partial charge in [-0.2, -0.15) is 0 Å². The molecule has 0 aromatic carbocycles. The van der Waals surface area contributed by atoms with Crippen molar-refractivity contribution in [2.24, 2.45) is 0 Å². The molecule has 0 bridgehead atoms. The average molecular weight is 204 g/mol. The Bertz CT molecular complexity index is 119. The fourth-order valence-corrected chi connectivity index (χ4v) is 1.85. The highest BCUT2D eigenvalue weighted by molar-refractivity contribution is 6.69. The van der Waals surface area contributed by atoms with E-state index in [1.54, 1.807) is 0 Å². The highest BCUT2D eigenvalue weighted by atomic mass is 28.4. The molecule has 0 spiro atoms. The van der Waals surface area contributed by atoms with Gasteiger partial charge in [0.1, 0.15) is 0 Å². The molecule has 0 aliphatic carbocycles. The first-order chi connectivity index (χ1) is 5.92. The van der Waals surface area contributed by atoms with Crippen LogP contribution in [0.2, 0.25) is 19.6 Å². The van der Waals surface area contributed by atoms with Crippen molar-refractivity contribution >= 4 is 8.32 Å². The van der Waals surface area contributed by atoms with Crippen LogP contribution in [-0.4, -0.2) is 26.1 Å². The molecule has 0 rings (SSSR count).